The summed E-state index contributed by atoms with van der Waals surface area (Å²) in [7, 11) is 1.29. The third-order valence-corrected chi connectivity index (χ3v) is 6.74. The summed E-state index contributed by atoms with van der Waals surface area (Å²) >= 11 is 3.62. The zero-order chi connectivity index (χ0) is 22.1. The maximum absolute atomic E-state index is 14.9. The number of benzene rings is 1. The van der Waals surface area contributed by atoms with Gasteiger partial charge < -0.3 is 4.74 Å². The molecule has 31 heavy (non-hydrogen) atoms. The quantitative estimate of drug-likeness (QED) is 0.512. The van der Waals surface area contributed by atoms with Crippen molar-refractivity contribution in [1.29, 1.82) is 0 Å². The lowest BCUT2D eigenvalue weighted by atomic mass is 9.92. The maximum Gasteiger partial charge on any atom is 0.337 e. The number of carbonyl (C=O) groups is 1. The van der Waals surface area contributed by atoms with E-state index in [9.17, 15) is 9.18 Å². The molecular weight excluding hydrogens is 459 g/mol. The molecule has 1 unspecified atom stereocenters. The van der Waals surface area contributed by atoms with Crippen molar-refractivity contribution in [3.05, 3.63) is 80.9 Å². The smallest absolute Gasteiger partial charge is 0.337 e. The van der Waals surface area contributed by atoms with E-state index in [4.69, 9.17) is 4.74 Å². The highest BCUT2D eigenvalue weighted by Crippen LogP contribution is 2.39. The number of pyridine rings is 1. The SMILES string of the molecule is C=Cc1cc(C(=O)OC)cc(F)c1C1=CCN(CC2=Cc3c(Br)ccnc3C2C)CC1. The van der Waals surface area contributed by atoms with Crippen LogP contribution in [0.5, 0.6) is 0 Å². The number of esters is 1. The van der Waals surface area contributed by atoms with E-state index in [2.05, 4.69) is 51.5 Å². The Hall–Kier alpha value is -2.57. The van der Waals surface area contributed by atoms with Gasteiger partial charge in [-0.15, -0.1) is 0 Å². The molecule has 6 heteroatoms. The molecule has 1 atom stereocenters. The molecule has 1 aromatic heterocycles. The van der Waals surface area contributed by atoms with Gasteiger partial charge in [0, 0.05) is 47.3 Å². The Balaban J connectivity index is 1.52. The summed E-state index contributed by atoms with van der Waals surface area (Å²) in [5.74, 6) is -0.692. The average Bonchev–Trinajstić information content (AvgIpc) is 3.10. The number of fused-ring (bicyclic) bond motifs is 1. The number of hydrogen-bond donors (Lipinski definition) is 0. The van der Waals surface area contributed by atoms with E-state index in [1.165, 1.54) is 24.3 Å². The molecule has 1 aliphatic carbocycles. The van der Waals surface area contributed by atoms with Crippen molar-refractivity contribution in [2.24, 2.45) is 0 Å². The first kappa shape index (κ1) is 21.7. The van der Waals surface area contributed by atoms with Gasteiger partial charge >= 0.3 is 5.97 Å². The van der Waals surface area contributed by atoms with Gasteiger partial charge in [-0.05, 0) is 41.3 Å². The third kappa shape index (κ3) is 4.14. The van der Waals surface area contributed by atoms with Gasteiger partial charge in [-0.2, -0.15) is 0 Å². The molecule has 4 nitrogen and oxygen atoms in total. The molecule has 0 fully saturated rings. The van der Waals surface area contributed by atoms with E-state index in [0.717, 1.165) is 41.8 Å². The zero-order valence-corrected chi connectivity index (χ0v) is 19.2. The summed E-state index contributed by atoms with van der Waals surface area (Å²) in [6.07, 6.45) is 8.46. The van der Waals surface area contributed by atoms with Crippen molar-refractivity contribution in [2.75, 3.05) is 26.7 Å². The van der Waals surface area contributed by atoms with Crippen LogP contribution in [0.15, 0.2) is 47.1 Å². The van der Waals surface area contributed by atoms with Gasteiger partial charge in [-0.3, -0.25) is 9.88 Å². The van der Waals surface area contributed by atoms with E-state index in [1.807, 2.05) is 12.3 Å². The summed E-state index contributed by atoms with van der Waals surface area (Å²) in [5, 5.41) is 0. The minimum Gasteiger partial charge on any atom is -0.465 e. The standard InChI is InChI=1S/C25H24BrFN2O2/c1-4-16-11-18(25(30)31-3)13-22(27)23(16)17-6-9-29(10-7-17)14-19-12-20-21(26)5-8-28-24(20)15(19)2/h4-6,8,11-13,15H,1,7,9-10,14H2,2-3H3. The molecule has 0 saturated heterocycles. The average molecular weight is 483 g/mol. The Kier molecular flexibility index (Phi) is 6.21. The Morgan fingerprint density at radius 3 is 2.90 bits per heavy atom. The number of ether oxygens (including phenoxy) is 1. The van der Waals surface area contributed by atoms with Crippen molar-refractivity contribution in [3.8, 4) is 0 Å². The lowest BCUT2D eigenvalue weighted by Crippen LogP contribution is -2.31. The van der Waals surface area contributed by atoms with E-state index in [0.29, 0.717) is 11.1 Å². The first-order valence-electron chi connectivity index (χ1n) is 10.2. The van der Waals surface area contributed by atoms with Crippen LogP contribution in [0, 0.1) is 5.82 Å². The lowest BCUT2D eigenvalue weighted by molar-refractivity contribution is 0.0600. The second-order valence-electron chi connectivity index (χ2n) is 7.87. The van der Waals surface area contributed by atoms with Crippen LogP contribution in [0.25, 0.3) is 17.7 Å². The number of nitrogens with zero attached hydrogens (tertiary/aromatic N) is 2. The van der Waals surface area contributed by atoms with E-state index < -0.39 is 11.8 Å². The van der Waals surface area contributed by atoms with Crippen LogP contribution < -0.4 is 0 Å². The fraction of sp³-hybridized carbons (Fsp3) is 0.280. The Bertz CT molecular complexity index is 1120. The van der Waals surface area contributed by atoms with Crippen LogP contribution in [-0.2, 0) is 4.74 Å². The molecule has 0 N–H and O–H groups in total. The van der Waals surface area contributed by atoms with Gasteiger partial charge in [0.1, 0.15) is 5.82 Å². The topological polar surface area (TPSA) is 42.4 Å². The van der Waals surface area contributed by atoms with Crippen molar-refractivity contribution in [1.82, 2.24) is 9.88 Å². The van der Waals surface area contributed by atoms with Gasteiger partial charge in [0.2, 0.25) is 0 Å². The monoisotopic (exact) mass is 482 g/mol. The second-order valence-corrected chi connectivity index (χ2v) is 8.72. The van der Waals surface area contributed by atoms with Gasteiger partial charge in [0.25, 0.3) is 0 Å². The van der Waals surface area contributed by atoms with Gasteiger partial charge in [0.05, 0.1) is 18.4 Å². The summed E-state index contributed by atoms with van der Waals surface area (Å²) in [6.45, 7) is 8.41. The number of rotatable bonds is 5. The highest BCUT2D eigenvalue weighted by atomic mass is 79.9. The summed E-state index contributed by atoms with van der Waals surface area (Å²) in [4.78, 5) is 18.7. The molecule has 1 aromatic carbocycles. The second kappa shape index (κ2) is 8.89. The number of carbonyl (C=O) groups excluding carboxylic acids is 1. The first-order valence-corrected chi connectivity index (χ1v) is 11.0. The van der Waals surface area contributed by atoms with Crippen LogP contribution in [0.1, 0.15) is 52.0 Å². The molecule has 1 aliphatic heterocycles. The highest BCUT2D eigenvalue weighted by Gasteiger charge is 2.27. The van der Waals surface area contributed by atoms with E-state index in [-0.39, 0.29) is 11.5 Å². The van der Waals surface area contributed by atoms with Crippen LogP contribution in [-0.4, -0.2) is 42.6 Å². The van der Waals surface area contributed by atoms with Gasteiger partial charge in [-0.1, -0.05) is 47.7 Å². The van der Waals surface area contributed by atoms with Crippen LogP contribution >= 0.6 is 15.9 Å². The molecule has 2 aromatic rings. The number of methoxy groups -OCH3 is 1. The van der Waals surface area contributed by atoms with Crippen LogP contribution in [0.2, 0.25) is 0 Å². The molecule has 2 aliphatic rings. The van der Waals surface area contributed by atoms with Crippen LogP contribution in [0.3, 0.4) is 0 Å². The maximum atomic E-state index is 14.9. The number of aromatic nitrogens is 1. The highest BCUT2D eigenvalue weighted by molar-refractivity contribution is 9.10. The molecule has 4 rings (SSSR count). The fourth-order valence-electron chi connectivity index (χ4n) is 4.32. The molecule has 0 saturated carbocycles. The molecule has 160 valence electrons. The van der Waals surface area contributed by atoms with E-state index in [1.54, 1.807) is 12.1 Å². The predicted molar refractivity (Wildman–Crippen MR) is 125 cm³/mol. The fourth-order valence-corrected chi connectivity index (χ4v) is 4.76. The van der Waals surface area contributed by atoms with Crippen molar-refractivity contribution in [3.63, 3.8) is 0 Å². The lowest BCUT2D eigenvalue weighted by Gasteiger charge is -2.28. The van der Waals surface area contributed by atoms with E-state index >= 15 is 0 Å². The predicted octanol–water partition coefficient (Wildman–Crippen LogP) is 5.70. The molecular formula is C25H24BrFN2O2. The third-order valence-electron chi connectivity index (χ3n) is 6.05. The molecule has 0 radical (unpaired) electrons. The molecule has 0 bridgehead atoms. The van der Waals surface area contributed by atoms with Crippen molar-refractivity contribution < 1.29 is 13.9 Å². The van der Waals surface area contributed by atoms with Gasteiger partial charge in [0.15, 0.2) is 0 Å². The Morgan fingerprint density at radius 1 is 1.45 bits per heavy atom. The molecule has 2 heterocycles. The number of hydrogen-bond acceptors (Lipinski definition) is 4. The number of halogens is 2. The van der Waals surface area contributed by atoms with Crippen molar-refractivity contribution in [2.45, 2.75) is 19.3 Å². The minimum atomic E-state index is -0.557. The van der Waals surface area contributed by atoms with Crippen LogP contribution in [0.4, 0.5) is 4.39 Å². The molecule has 0 spiro atoms. The van der Waals surface area contributed by atoms with Crippen molar-refractivity contribution >= 4 is 39.6 Å². The Labute approximate surface area is 190 Å². The summed E-state index contributed by atoms with van der Waals surface area (Å²) < 4.78 is 20.7. The zero-order valence-electron chi connectivity index (χ0n) is 17.6. The minimum absolute atomic E-state index is 0.193. The largest absolute Gasteiger partial charge is 0.465 e. The summed E-state index contributed by atoms with van der Waals surface area (Å²) in [5.41, 5.74) is 5.89. The molecule has 0 amide bonds. The first-order chi connectivity index (χ1) is 14.9. The van der Waals surface area contributed by atoms with Gasteiger partial charge in [-0.25, -0.2) is 9.18 Å². The Morgan fingerprint density at radius 2 is 2.26 bits per heavy atom. The summed E-state index contributed by atoms with van der Waals surface area (Å²) in [6, 6.07) is 4.85. The normalized spacial score (nSPS) is 18.3.